The van der Waals surface area contributed by atoms with Crippen molar-refractivity contribution in [2.24, 2.45) is 0 Å². The van der Waals surface area contributed by atoms with E-state index in [0.717, 1.165) is 0 Å². The van der Waals surface area contributed by atoms with Crippen molar-refractivity contribution in [3.05, 3.63) is 0 Å². The number of halogens is 19. The second-order valence-corrected chi connectivity index (χ2v) is 6.33. The van der Waals surface area contributed by atoms with Crippen LogP contribution in [0.3, 0.4) is 0 Å². The van der Waals surface area contributed by atoms with E-state index in [2.05, 4.69) is 14.2 Å². The lowest BCUT2D eigenvalue weighted by molar-refractivity contribution is -0.529. The molecule has 1 aliphatic heterocycles. The first-order valence-electron chi connectivity index (χ1n) is 7.68. The van der Waals surface area contributed by atoms with E-state index >= 15 is 0 Å². The Morgan fingerprint density at radius 3 is 1.36 bits per heavy atom. The summed E-state index contributed by atoms with van der Waals surface area (Å²) >= 11 is 0. The van der Waals surface area contributed by atoms with Gasteiger partial charge in [0.1, 0.15) is 0 Å². The highest BCUT2D eigenvalue weighted by atomic mass is 19.4. The molecular formula is C12H3F19O5. The van der Waals surface area contributed by atoms with Crippen molar-refractivity contribution in [1.82, 2.24) is 0 Å². The molecule has 1 fully saturated rings. The Morgan fingerprint density at radius 2 is 1.06 bits per heavy atom. The lowest BCUT2D eigenvalue weighted by atomic mass is 10.0. The van der Waals surface area contributed by atoms with E-state index in [4.69, 9.17) is 0 Å². The van der Waals surface area contributed by atoms with Crippen LogP contribution < -0.4 is 0 Å². The number of alkyl halides is 19. The van der Waals surface area contributed by atoms with Crippen molar-refractivity contribution in [3.8, 4) is 0 Å². The molecule has 0 aliphatic carbocycles. The molecule has 0 radical (unpaired) electrons. The minimum atomic E-state index is -8.30. The molecule has 0 saturated carbocycles. The third kappa shape index (κ3) is 4.36. The third-order valence-corrected chi connectivity index (χ3v) is 3.77. The van der Waals surface area contributed by atoms with Crippen LogP contribution in [0.1, 0.15) is 6.92 Å². The van der Waals surface area contributed by atoms with Gasteiger partial charge >= 0.3 is 66.2 Å². The van der Waals surface area contributed by atoms with Gasteiger partial charge in [0, 0.05) is 6.92 Å². The van der Waals surface area contributed by atoms with E-state index < -0.39 is 66.2 Å². The van der Waals surface area contributed by atoms with Gasteiger partial charge in [-0.1, -0.05) is 0 Å². The Morgan fingerprint density at radius 1 is 0.667 bits per heavy atom. The standard InChI is InChI=1S/C12H3F19O5/c1-2(32)33-12(30,31)5(8(21,22)23)34-4(14,10(26,27)35-5)11(28,29)36-9(24,25)3(13,6(15,16)17)7(18,19)20/h1H3. The molecule has 24 heteroatoms. The average Bonchev–Trinajstić information content (AvgIpc) is 2.79. The van der Waals surface area contributed by atoms with Gasteiger partial charge in [-0.3, -0.25) is 14.3 Å². The molecule has 0 aromatic carbocycles. The molecule has 0 aromatic rings. The van der Waals surface area contributed by atoms with E-state index in [1.165, 1.54) is 4.74 Å². The maximum Gasteiger partial charge on any atom is 0.466 e. The summed E-state index contributed by atoms with van der Waals surface area (Å²) in [4.78, 5) is 10.5. The van der Waals surface area contributed by atoms with Gasteiger partial charge in [0.15, 0.2) is 0 Å². The highest BCUT2D eigenvalue weighted by Crippen LogP contribution is 2.65. The lowest BCUT2D eigenvalue weighted by Gasteiger charge is -2.39. The van der Waals surface area contributed by atoms with Gasteiger partial charge in [0.2, 0.25) is 0 Å². The molecule has 0 bridgehead atoms. The number of carbonyl (C=O) groups is 1. The average molecular weight is 588 g/mol. The summed E-state index contributed by atoms with van der Waals surface area (Å²) in [7, 11) is 0. The molecule has 36 heavy (non-hydrogen) atoms. The summed E-state index contributed by atoms with van der Waals surface area (Å²) < 4.78 is 258. The summed E-state index contributed by atoms with van der Waals surface area (Å²) in [5.41, 5.74) is -8.30. The Balaban J connectivity index is 3.79. The third-order valence-electron chi connectivity index (χ3n) is 3.77. The molecule has 2 atom stereocenters. The molecule has 0 N–H and O–H groups in total. The maximum absolute atomic E-state index is 14.3. The second-order valence-electron chi connectivity index (χ2n) is 6.33. The van der Waals surface area contributed by atoms with E-state index in [1.54, 1.807) is 0 Å². The van der Waals surface area contributed by atoms with Crippen molar-refractivity contribution >= 4 is 5.97 Å². The largest absolute Gasteiger partial charge is 0.466 e. The molecule has 0 amide bonds. The van der Waals surface area contributed by atoms with Gasteiger partial charge in [-0.2, -0.15) is 79.0 Å². The Bertz CT molecular complexity index is 844. The number of rotatable bonds is 6. The predicted molar refractivity (Wildman–Crippen MR) is 63.4 cm³/mol. The highest BCUT2D eigenvalue weighted by molar-refractivity contribution is 5.66. The first-order valence-corrected chi connectivity index (χ1v) is 7.68. The molecule has 1 heterocycles. The van der Waals surface area contributed by atoms with Gasteiger partial charge < -0.3 is 4.74 Å². The van der Waals surface area contributed by atoms with Crippen LogP contribution in [0.2, 0.25) is 0 Å². The first-order chi connectivity index (χ1) is 15.3. The summed E-state index contributed by atoms with van der Waals surface area (Å²) in [6.45, 7) is -0.207. The second kappa shape index (κ2) is 8.01. The van der Waals surface area contributed by atoms with E-state index in [1.807, 2.05) is 0 Å². The van der Waals surface area contributed by atoms with Crippen LogP contribution in [0.4, 0.5) is 83.4 Å². The minimum absolute atomic E-state index is 0.207. The zero-order valence-corrected chi connectivity index (χ0v) is 15.7. The Kier molecular flexibility index (Phi) is 7.13. The zero-order valence-electron chi connectivity index (χ0n) is 15.7. The van der Waals surface area contributed by atoms with Crippen LogP contribution in [0, 0.1) is 0 Å². The monoisotopic (exact) mass is 588 g/mol. The Labute approximate surface area is 182 Å². The van der Waals surface area contributed by atoms with Crippen molar-refractivity contribution in [1.29, 1.82) is 0 Å². The number of hydrogen-bond donors (Lipinski definition) is 0. The molecule has 1 saturated heterocycles. The van der Waals surface area contributed by atoms with Crippen molar-refractivity contribution in [3.63, 3.8) is 0 Å². The smallest absolute Gasteiger partial charge is 0.397 e. The van der Waals surface area contributed by atoms with Gasteiger partial charge in [0.25, 0.3) is 0 Å². The molecule has 214 valence electrons. The number of esters is 1. The molecule has 0 spiro atoms. The SMILES string of the molecule is CC(=O)OC(F)(F)C1(C(F)(F)F)OC(F)(F)C(F)(C(F)(F)OC(F)(F)C(F)(C(F)(F)F)C(F)(F)F)O1. The van der Waals surface area contributed by atoms with Gasteiger partial charge in [-0.25, -0.2) is 9.13 Å². The summed E-state index contributed by atoms with van der Waals surface area (Å²) in [5.74, 6) is -17.2. The maximum atomic E-state index is 14.3. The summed E-state index contributed by atoms with van der Waals surface area (Å²) in [6, 6.07) is 0. The van der Waals surface area contributed by atoms with Gasteiger partial charge in [-0.05, 0) is 0 Å². The fraction of sp³-hybridized carbons (Fsp3) is 0.917. The fourth-order valence-corrected chi connectivity index (χ4v) is 2.19. The fourth-order valence-electron chi connectivity index (χ4n) is 2.19. The van der Waals surface area contributed by atoms with E-state index in [-0.39, 0.29) is 6.92 Å². The first kappa shape index (κ1) is 32.0. The molecule has 2 unspecified atom stereocenters. The molecular weight excluding hydrogens is 585 g/mol. The number of ether oxygens (including phenoxy) is 4. The van der Waals surface area contributed by atoms with Gasteiger partial charge in [0.05, 0.1) is 0 Å². The molecule has 5 nitrogen and oxygen atoms in total. The number of hydrogen-bond acceptors (Lipinski definition) is 5. The van der Waals surface area contributed by atoms with Crippen molar-refractivity contribution in [2.75, 3.05) is 0 Å². The van der Waals surface area contributed by atoms with Crippen LogP contribution in [-0.2, 0) is 23.7 Å². The summed E-state index contributed by atoms with van der Waals surface area (Å²) in [6.07, 6.45) is -54.0. The van der Waals surface area contributed by atoms with E-state index in [0.29, 0.717) is 0 Å². The van der Waals surface area contributed by atoms with Crippen LogP contribution in [0.15, 0.2) is 0 Å². The van der Waals surface area contributed by atoms with Crippen molar-refractivity contribution in [2.45, 2.75) is 67.2 Å². The lowest BCUT2D eigenvalue weighted by Crippen LogP contribution is -2.69. The molecule has 0 aromatic heterocycles. The molecule has 1 rings (SSSR count). The predicted octanol–water partition coefficient (Wildman–Crippen LogP) is 5.74. The van der Waals surface area contributed by atoms with E-state index in [9.17, 15) is 88.2 Å². The quantitative estimate of drug-likeness (QED) is 0.293. The van der Waals surface area contributed by atoms with Crippen LogP contribution in [0.5, 0.6) is 0 Å². The zero-order chi connectivity index (χ0) is 29.4. The normalized spacial score (nSPS) is 26.8. The van der Waals surface area contributed by atoms with Crippen molar-refractivity contribution < 1.29 is 107 Å². The summed E-state index contributed by atoms with van der Waals surface area (Å²) in [5, 5.41) is 0. The minimum Gasteiger partial charge on any atom is -0.397 e. The topological polar surface area (TPSA) is 54.0 Å². The highest BCUT2D eigenvalue weighted by Gasteiger charge is 2.95. The number of carbonyl (C=O) groups excluding carboxylic acids is 1. The van der Waals surface area contributed by atoms with Crippen LogP contribution in [0.25, 0.3) is 0 Å². The van der Waals surface area contributed by atoms with Crippen LogP contribution in [-0.4, -0.2) is 66.2 Å². The van der Waals surface area contributed by atoms with Gasteiger partial charge in [-0.15, -0.1) is 0 Å². The molecule has 1 aliphatic rings. The van der Waals surface area contributed by atoms with Crippen LogP contribution >= 0.6 is 0 Å². The Hall–Kier alpha value is -1.98.